The number of carboxylic acids is 1. The minimum absolute atomic E-state index is 0.112. The maximum absolute atomic E-state index is 11.6. The molecule has 3 N–H and O–H groups in total. The topological polar surface area (TPSA) is 78.4 Å². The van der Waals surface area contributed by atoms with E-state index in [9.17, 15) is 9.59 Å². The third-order valence-corrected chi connectivity index (χ3v) is 2.48. The fourth-order valence-corrected chi connectivity index (χ4v) is 1.80. The highest BCUT2D eigenvalue weighted by Crippen LogP contribution is 2.22. The van der Waals surface area contributed by atoms with Gasteiger partial charge in [-0.1, -0.05) is 23.2 Å². The summed E-state index contributed by atoms with van der Waals surface area (Å²) in [4.78, 5) is 22.4. The van der Waals surface area contributed by atoms with Gasteiger partial charge in [0.25, 0.3) is 0 Å². The van der Waals surface area contributed by atoms with Crippen molar-refractivity contribution in [3.8, 4) is 12.3 Å². The number of carbonyl (C=O) groups is 2. The van der Waals surface area contributed by atoms with Crippen LogP contribution in [0.3, 0.4) is 0 Å². The van der Waals surface area contributed by atoms with Crippen molar-refractivity contribution in [2.75, 3.05) is 5.32 Å². The molecule has 5 nitrogen and oxygen atoms in total. The quantitative estimate of drug-likeness (QED) is 0.748. The normalized spacial score (nSPS) is 11.2. The largest absolute Gasteiger partial charge is 0.480 e. The molecular weight excluding hydrogens is 291 g/mol. The zero-order valence-electron chi connectivity index (χ0n) is 9.61. The third-order valence-electron chi connectivity index (χ3n) is 2.05. The number of carboxylic acid groups (broad SMARTS) is 1. The van der Waals surface area contributed by atoms with E-state index in [1.54, 1.807) is 0 Å². The van der Waals surface area contributed by atoms with Crippen LogP contribution < -0.4 is 10.6 Å². The predicted molar refractivity (Wildman–Crippen MR) is 73.5 cm³/mol. The minimum atomic E-state index is -1.21. The summed E-state index contributed by atoms with van der Waals surface area (Å²) < 4.78 is 0. The summed E-state index contributed by atoms with van der Waals surface area (Å²) in [5.41, 5.74) is 0.347. The Morgan fingerprint density at radius 2 is 1.89 bits per heavy atom. The van der Waals surface area contributed by atoms with Gasteiger partial charge in [-0.3, -0.25) is 0 Å². The molecule has 1 atom stereocenters. The van der Waals surface area contributed by atoms with Gasteiger partial charge in [0.1, 0.15) is 6.04 Å². The first-order valence-electron chi connectivity index (χ1n) is 5.12. The number of benzene rings is 1. The van der Waals surface area contributed by atoms with Crippen LogP contribution in [0.1, 0.15) is 6.42 Å². The zero-order valence-corrected chi connectivity index (χ0v) is 11.1. The van der Waals surface area contributed by atoms with Crippen LogP contribution in [0.5, 0.6) is 0 Å². The maximum atomic E-state index is 11.6. The van der Waals surface area contributed by atoms with E-state index in [0.29, 0.717) is 15.7 Å². The molecule has 1 aromatic rings. The van der Waals surface area contributed by atoms with E-state index >= 15 is 0 Å². The Morgan fingerprint density at radius 1 is 1.32 bits per heavy atom. The molecule has 2 amide bonds. The maximum Gasteiger partial charge on any atom is 0.327 e. The van der Waals surface area contributed by atoms with Gasteiger partial charge < -0.3 is 15.7 Å². The van der Waals surface area contributed by atoms with Crippen molar-refractivity contribution in [3.05, 3.63) is 28.2 Å². The first-order valence-corrected chi connectivity index (χ1v) is 5.88. The molecule has 100 valence electrons. The molecule has 1 unspecified atom stereocenters. The Kier molecular flexibility index (Phi) is 5.49. The summed E-state index contributed by atoms with van der Waals surface area (Å²) in [7, 11) is 0. The summed E-state index contributed by atoms with van der Waals surface area (Å²) in [6, 6.07) is 2.60. The molecule has 0 fully saturated rings. The Hall–Kier alpha value is -1.90. The van der Waals surface area contributed by atoms with Gasteiger partial charge in [-0.2, -0.15) is 0 Å². The van der Waals surface area contributed by atoms with Crippen molar-refractivity contribution in [1.82, 2.24) is 5.32 Å². The number of aliphatic carboxylic acids is 1. The number of nitrogens with one attached hydrogen (secondary N) is 2. The van der Waals surface area contributed by atoms with E-state index in [0.717, 1.165) is 0 Å². The fraction of sp³-hybridized carbons (Fsp3) is 0.167. The number of urea groups is 1. The molecule has 1 aromatic carbocycles. The van der Waals surface area contributed by atoms with Crippen molar-refractivity contribution >= 4 is 40.9 Å². The Labute approximate surface area is 119 Å². The monoisotopic (exact) mass is 300 g/mol. The Morgan fingerprint density at radius 3 is 2.37 bits per heavy atom. The summed E-state index contributed by atoms with van der Waals surface area (Å²) in [6.45, 7) is 0. The number of halogens is 2. The number of amides is 2. The van der Waals surface area contributed by atoms with Gasteiger partial charge >= 0.3 is 12.0 Å². The molecule has 0 saturated carbocycles. The fourth-order valence-electron chi connectivity index (χ4n) is 1.27. The molecule has 0 spiro atoms. The van der Waals surface area contributed by atoms with Crippen LogP contribution in [0.4, 0.5) is 10.5 Å². The average molecular weight is 301 g/mol. The van der Waals surface area contributed by atoms with Gasteiger partial charge in [-0.25, -0.2) is 9.59 Å². The average Bonchev–Trinajstić information content (AvgIpc) is 2.26. The summed E-state index contributed by atoms with van der Waals surface area (Å²) in [5.74, 6) is 0.960. The standard InChI is InChI=1S/C12H10Cl2N2O3/c1-2-3-10(11(17)18)16-12(19)15-9-5-7(13)4-8(14)6-9/h1,4-6,10H,3H2,(H,17,18)(H2,15,16,19). The van der Waals surface area contributed by atoms with Gasteiger partial charge in [0, 0.05) is 22.2 Å². The molecule has 1 rings (SSSR count). The van der Waals surface area contributed by atoms with Crippen molar-refractivity contribution in [1.29, 1.82) is 0 Å². The summed E-state index contributed by atoms with van der Waals surface area (Å²) in [6.07, 6.45) is 4.90. The SMILES string of the molecule is C#CCC(NC(=O)Nc1cc(Cl)cc(Cl)c1)C(=O)O. The predicted octanol–water partition coefficient (Wildman–Crippen LogP) is 2.59. The molecule has 19 heavy (non-hydrogen) atoms. The zero-order chi connectivity index (χ0) is 14.4. The number of hydrogen-bond donors (Lipinski definition) is 3. The number of hydrogen-bond acceptors (Lipinski definition) is 2. The van der Waals surface area contributed by atoms with Crippen molar-refractivity contribution in [3.63, 3.8) is 0 Å². The Balaban J connectivity index is 2.69. The molecule has 0 heterocycles. The second-order valence-electron chi connectivity index (χ2n) is 3.56. The van der Waals surface area contributed by atoms with Crippen LogP contribution in [-0.4, -0.2) is 23.1 Å². The molecule has 0 saturated heterocycles. The van der Waals surface area contributed by atoms with Gasteiger partial charge in [0.05, 0.1) is 0 Å². The van der Waals surface area contributed by atoms with Crippen molar-refractivity contribution in [2.24, 2.45) is 0 Å². The Bertz CT molecular complexity index is 520. The summed E-state index contributed by atoms with van der Waals surface area (Å²) >= 11 is 11.5. The van der Waals surface area contributed by atoms with Crippen LogP contribution >= 0.6 is 23.2 Å². The molecule has 0 radical (unpaired) electrons. The molecule has 0 aromatic heterocycles. The lowest BCUT2D eigenvalue weighted by Crippen LogP contribution is -2.42. The van der Waals surface area contributed by atoms with E-state index in [4.69, 9.17) is 34.7 Å². The second kappa shape index (κ2) is 6.88. The number of rotatable bonds is 4. The van der Waals surface area contributed by atoms with Crippen LogP contribution in [0.15, 0.2) is 18.2 Å². The van der Waals surface area contributed by atoms with Gasteiger partial charge in [0.15, 0.2) is 0 Å². The highest BCUT2D eigenvalue weighted by molar-refractivity contribution is 6.35. The van der Waals surface area contributed by atoms with Gasteiger partial charge in [-0.05, 0) is 18.2 Å². The van der Waals surface area contributed by atoms with Crippen LogP contribution in [0.2, 0.25) is 10.0 Å². The smallest absolute Gasteiger partial charge is 0.327 e. The van der Waals surface area contributed by atoms with Crippen molar-refractivity contribution in [2.45, 2.75) is 12.5 Å². The lowest BCUT2D eigenvalue weighted by atomic mass is 10.2. The number of terminal acetylenes is 1. The van der Waals surface area contributed by atoms with E-state index in [1.165, 1.54) is 18.2 Å². The molecule has 0 aliphatic heterocycles. The molecule has 0 aliphatic rings. The van der Waals surface area contributed by atoms with E-state index in [-0.39, 0.29) is 6.42 Å². The molecular formula is C12H10Cl2N2O3. The van der Waals surface area contributed by atoms with Gasteiger partial charge in [-0.15, -0.1) is 12.3 Å². The van der Waals surface area contributed by atoms with E-state index in [2.05, 4.69) is 16.6 Å². The van der Waals surface area contributed by atoms with Gasteiger partial charge in [0.2, 0.25) is 0 Å². The highest BCUT2D eigenvalue weighted by atomic mass is 35.5. The van der Waals surface area contributed by atoms with Crippen LogP contribution in [0.25, 0.3) is 0 Å². The van der Waals surface area contributed by atoms with Crippen LogP contribution in [-0.2, 0) is 4.79 Å². The van der Waals surface area contributed by atoms with Crippen molar-refractivity contribution < 1.29 is 14.7 Å². The molecule has 7 heteroatoms. The molecule has 0 aliphatic carbocycles. The third kappa shape index (κ3) is 5.08. The van der Waals surface area contributed by atoms with E-state index < -0.39 is 18.0 Å². The first-order chi connectivity index (χ1) is 8.92. The van der Waals surface area contributed by atoms with E-state index in [1.807, 2.05) is 0 Å². The lowest BCUT2D eigenvalue weighted by Gasteiger charge is -2.13. The summed E-state index contributed by atoms with van der Waals surface area (Å²) in [5, 5.41) is 14.2. The van der Waals surface area contributed by atoms with Crippen LogP contribution in [0, 0.1) is 12.3 Å². The molecule has 0 bridgehead atoms. The number of carbonyl (C=O) groups excluding carboxylic acids is 1. The lowest BCUT2D eigenvalue weighted by molar-refractivity contribution is -0.139. The first kappa shape index (κ1) is 15.2. The minimum Gasteiger partial charge on any atom is -0.480 e. The highest BCUT2D eigenvalue weighted by Gasteiger charge is 2.18. The second-order valence-corrected chi connectivity index (χ2v) is 4.43. The number of anilines is 1.